The van der Waals surface area contributed by atoms with E-state index in [2.05, 4.69) is 35.3 Å². The fourth-order valence-corrected chi connectivity index (χ4v) is 3.58. The fraction of sp³-hybridized carbons (Fsp3) is 0.400. The van der Waals surface area contributed by atoms with Crippen molar-refractivity contribution in [2.24, 2.45) is 0 Å². The molecule has 5 rings (SSSR count). The number of hydrogen-bond acceptors (Lipinski definition) is 5. The molecule has 0 spiro atoms. The average molecular weight is 377 g/mol. The molecule has 4 aromatic heterocycles. The molecule has 28 heavy (non-hydrogen) atoms. The molecule has 8 heteroatoms. The van der Waals surface area contributed by atoms with Gasteiger partial charge in [0.1, 0.15) is 6.10 Å². The van der Waals surface area contributed by atoms with Gasteiger partial charge in [0.2, 0.25) is 0 Å². The molecule has 1 atom stereocenters. The van der Waals surface area contributed by atoms with E-state index >= 15 is 0 Å². The summed E-state index contributed by atoms with van der Waals surface area (Å²) in [6.45, 7) is 5.97. The molecule has 144 valence electrons. The number of hydrogen-bond donors (Lipinski definition) is 0. The lowest BCUT2D eigenvalue weighted by molar-refractivity contribution is 0.373. The SMILES string of the molecule is CCC(CC)n1cc(-c2nc(-c3cnn(CC4CO4)c3)cn3nccc23)cn1. The van der Waals surface area contributed by atoms with E-state index in [4.69, 9.17) is 9.72 Å². The summed E-state index contributed by atoms with van der Waals surface area (Å²) in [7, 11) is 0. The molecule has 1 saturated heterocycles. The summed E-state index contributed by atoms with van der Waals surface area (Å²) in [5.74, 6) is 0. The largest absolute Gasteiger partial charge is 0.371 e. The van der Waals surface area contributed by atoms with Gasteiger partial charge in [-0.15, -0.1) is 0 Å². The first-order chi connectivity index (χ1) is 13.7. The Balaban J connectivity index is 1.55. The molecule has 1 unspecified atom stereocenters. The lowest BCUT2D eigenvalue weighted by Crippen LogP contribution is -2.06. The van der Waals surface area contributed by atoms with Gasteiger partial charge in [0.05, 0.1) is 60.9 Å². The third-order valence-corrected chi connectivity index (χ3v) is 5.30. The van der Waals surface area contributed by atoms with Gasteiger partial charge in [-0.3, -0.25) is 9.36 Å². The Kier molecular flexibility index (Phi) is 4.20. The minimum absolute atomic E-state index is 0.292. The zero-order valence-corrected chi connectivity index (χ0v) is 16.1. The van der Waals surface area contributed by atoms with Gasteiger partial charge in [-0.1, -0.05) is 13.8 Å². The number of ether oxygens (including phenoxy) is 1. The highest BCUT2D eigenvalue weighted by atomic mass is 16.6. The van der Waals surface area contributed by atoms with Gasteiger partial charge in [-0.25, -0.2) is 9.50 Å². The molecule has 0 amide bonds. The quantitative estimate of drug-likeness (QED) is 0.462. The smallest absolute Gasteiger partial charge is 0.100 e. The van der Waals surface area contributed by atoms with Gasteiger partial charge < -0.3 is 4.74 Å². The summed E-state index contributed by atoms with van der Waals surface area (Å²) in [6, 6.07) is 2.38. The minimum Gasteiger partial charge on any atom is -0.371 e. The molecule has 0 aliphatic carbocycles. The van der Waals surface area contributed by atoms with Crippen molar-refractivity contribution in [1.82, 2.24) is 34.2 Å². The van der Waals surface area contributed by atoms with Gasteiger partial charge in [-0.2, -0.15) is 15.3 Å². The highest BCUT2D eigenvalue weighted by Gasteiger charge is 2.23. The minimum atomic E-state index is 0.292. The summed E-state index contributed by atoms with van der Waals surface area (Å²) in [5, 5.41) is 13.5. The predicted octanol–water partition coefficient (Wildman–Crippen LogP) is 3.22. The summed E-state index contributed by atoms with van der Waals surface area (Å²) in [4.78, 5) is 4.95. The Hall–Kier alpha value is -3.00. The summed E-state index contributed by atoms with van der Waals surface area (Å²) in [5.41, 5.74) is 4.64. The first kappa shape index (κ1) is 17.1. The van der Waals surface area contributed by atoms with E-state index in [0.717, 1.165) is 54.0 Å². The number of aromatic nitrogens is 7. The zero-order chi connectivity index (χ0) is 19.1. The molecule has 5 heterocycles. The van der Waals surface area contributed by atoms with Gasteiger partial charge in [-0.05, 0) is 18.9 Å². The Labute approximate surface area is 162 Å². The van der Waals surface area contributed by atoms with Crippen LogP contribution in [-0.2, 0) is 11.3 Å². The topological polar surface area (TPSA) is 78.4 Å². The average Bonchev–Trinajstić information content (AvgIpc) is 3.11. The molecular weight excluding hydrogens is 354 g/mol. The number of rotatable bonds is 7. The Morgan fingerprint density at radius 3 is 2.68 bits per heavy atom. The Bertz CT molecular complexity index is 1100. The Morgan fingerprint density at radius 2 is 1.89 bits per heavy atom. The van der Waals surface area contributed by atoms with E-state index in [1.807, 2.05) is 44.7 Å². The van der Waals surface area contributed by atoms with Crippen molar-refractivity contribution in [2.75, 3.05) is 6.61 Å². The summed E-state index contributed by atoms with van der Waals surface area (Å²) < 4.78 is 11.1. The highest BCUT2D eigenvalue weighted by molar-refractivity contribution is 5.78. The van der Waals surface area contributed by atoms with Crippen LogP contribution in [-0.4, -0.2) is 46.9 Å². The molecule has 1 aliphatic rings. The van der Waals surface area contributed by atoms with Crippen LogP contribution in [0.15, 0.2) is 43.2 Å². The number of epoxide rings is 1. The molecule has 0 saturated carbocycles. The van der Waals surface area contributed by atoms with Crippen molar-refractivity contribution in [1.29, 1.82) is 0 Å². The van der Waals surface area contributed by atoms with Crippen LogP contribution in [0.5, 0.6) is 0 Å². The molecule has 0 aromatic carbocycles. The van der Waals surface area contributed by atoms with Crippen molar-refractivity contribution in [3.8, 4) is 22.5 Å². The normalized spacial score (nSPS) is 16.3. The van der Waals surface area contributed by atoms with Crippen LogP contribution in [0.3, 0.4) is 0 Å². The second kappa shape index (κ2) is 6.87. The first-order valence-electron chi connectivity index (χ1n) is 9.78. The second-order valence-electron chi connectivity index (χ2n) is 7.22. The molecule has 1 fully saturated rings. The van der Waals surface area contributed by atoms with Crippen molar-refractivity contribution in [3.05, 3.63) is 43.2 Å². The maximum atomic E-state index is 5.29. The van der Waals surface area contributed by atoms with E-state index < -0.39 is 0 Å². The van der Waals surface area contributed by atoms with E-state index in [9.17, 15) is 0 Å². The van der Waals surface area contributed by atoms with Crippen LogP contribution in [0.25, 0.3) is 28.0 Å². The van der Waals surface area contributed by atoms with Crippen molar-refractivity contribution < 1.29 is 4.74 Å². The molecule has 0 bridgehead atoms. The summed E-state index contributed by atoms with van der Waals surface area (Å²) in [6.07, 6.45) is 14.0. The third kappa shape index (κ3) is 3.09. The zero-order valence-electron chi connectivity index (χ0n) is 16.1. The molecular formula is C20H23N7O. The molecule has 4 aromatic rings. The summed E-state index contributed by atoms with van der Waals surface area (Å²) >= 11 is 0. The van der Waals surface area contributed by atoms with Crippen LogP contribution in [0.2, 0.25) is 0 Å². The molecule has 8 nitrogen and oxygen atoms in total. The van der Waals surface area contributed by atoms with Crippen LogP contribution in [0.4, 0.5) is 0 Å². The van der Waals surface area contributed by atoms with E-state index in [-0.39, 0.29) is 0 Å². The standard InChI is InChI=1S/C20H23N7O/c1-3-16(4-2)26-10-15(8-23-26)20-19-5-6-21-27(19)12-18(24-20)14-7-22-25(9-14)11-17-13-28-17/h5-10,12,16-17H,3-4,11,13H2,1-2H3. The number of fused-ring (bicyclic) bond motifs is 1. The van der Waals surface area contributed by atoms with E-state index in [1.165, 1.54) is 0 Å². The van der Waals surface area contributed by atoms with Gasteiger partial charge in [0, 0.05) is 23.5 Å². The second-order valence-corrected chi connectivity index (χ2v) is 7.22. The maximum absolute atomic E-state index is 5.29. The predicted molar refractivity (Wildman–Crippen MR) is 105 cm³/mol. The third-order valence-electron chi connectivity index (χ3n) is 5.30. The van der Waals surface area contributed by atoms with Crippen LogP contribution < -0.4 is 0 Å². The lowest BCUT2D eigenvalue weighted by atomic mass is 10.1. The van der Waals surface area contributed by atoms with Crippen molar-refractivity contribution in [2.45, 2.75) is 45.4 Å². The van der Waals surface area contributed by atoms with Crippen LogP contribution in [0, 0.1) is 0 Å². The molecule has 0 N–H and O–H groups in total. The monoisotopic (exact) mass is 377 g/mol. The van der Waals surface area contributed by atoms with Crippen molar-refractivity contribution >= 4 is 5.52 Å². The molecule has 1 aliphatic heterocycles. The lowest BCUT2D eigenvalue weighted by Gasteiger charge is -2.12. The van der Waals surface area contributed by atoms with Gasteiger partial charge >= 0.3 is 0 Å². The number of nitrogens with zero attached hydrogens (tertiary/aromatic N) is 7. The van der Waals surface area contributed by atoms with Crippen LogP contribution >= 0.6 is 0 Å². The van der Waals surface area contributed by atoms with Crippen LogP contribution in [0.1, 0.15) is 32.7 Å². The highest BCUT2D eigenvalue weighted by Crippen LogP contribution is 2.28. The van der Waals surface area contributed by atoms with E-state index in [1.54, 1.807) is 6.20 Å². The Morgan fingerprint density at radius 1 is 1.07 bits per heavy atom. The van der Waals surface area contributed by atoms with Crippen molar-refractivity contribution in [3.63, 3.8) is 0 Å². The van der Waals surface area contributed by atoms with Gasteiger partial charge in [0.25, 0.3) is 0 Å². The first-order valence-corrected chi connectivity index (χ1v) is 9.78. The fourth-order valence-electron chi connectivity index (χ4n) is 3.58. The van der Waals surface area contributed by atoms with Gasteiger partial charge in [0.15, 0.2) is 0 Å². The molecule has 0 radical (unpaired) electrons. The van der Waals surface area contributed by atoms with E-state index in [0.29, 0.717) is 12.1 Å². The maximum Gasteiger partial charge on any atom is 0.100 e.